The van der Waals surface area contributed by atoms with E-state index in [0.29, 0.717) is 0 Å². The molecule has 0 aliphatic heterocycles. The van der Waals surface area contributed by atoms with Crippen LogP contribution in [0.5, 0.6) is 0 Å². The van der Waals surface area contributed by atoms with Crippen LogP contribution in [0.2, 0.25) is 0 Å². The maximum atomic E-state index is 6.16. The fourth-order valence-electron chi connectivity index (χ4n) is 0.421. The van der Waals surface area contributed by atoms with E-state index in [1.54, 1.807) is 6.08 Å². The Morgan fingerprint density at radius 2 is 1.45 bits per heavy atom. The van der Waals surface area contributed by atoms with Gasteiger partial charge in [0.1, 0.15) is 4.49 Å². The van der Waals surface area contributed by atoms with Gasteiger partial charge in [-0.3, -0.25) is 0 Å². The number of allylic oxidation sites excluding steroid dienone is 1. The van der Waals surface area contributed by atoms with Gasteiger partial charge in [-0.15, -0.1) is 11.6 Å². The van der Waals surface area contributed by atoms with Crippen LogP contribution in [-0.2, 0) is 0 Å². The van der Waals surface area contributed by atoms with Crippen LogP contribution in [0.4, 0.5) is 0 Å². The van der Waals surface area contributed by atoms with Gasteiger partial charge in [-0.2, -0.15) is 0 Å². The Labute approximate surface area is 83.5 Å². The predicted molar refractivity (Wildman–Crippen MR) is 53.5 cm³/mol. The lowest BCUT2D eigenvalue weighted by molar-refractivity contribution is 0.341. The van der Waals surface area contributed by atoms with E-state index in [1.165, 1.54) is 0 Å². The van der Waals surface area contributed by atoms with Gasteiger partial charge in [-0.05, 0) is 18.4 Å². The molecule has 0 nitrogen and oxygen atoms in total. The molecule has 0 bridgehead atoms. The summed E-state index contributed by atoms with van der Waals surface area (Å²) in [7, 11) is 0. The molecular weight excluding hydrogens is 202 g/mol. The molecule has 0 aliphatic carbocycles. The van der Waals surface area contributed by atoms with Crippen LogP contribution in [0.3, 0.4) is 0 Å². The second-order valence-corrected chi connectivity index (χ2v) is 5.55. The molecule has 1 atom stereocenters. The fraction of sp³-hybridized carbons (Fsp3) is 0.750. The van der Waals surface area contributed by atoms with Crippen molar-refractivity contribution >= 4 is 34.8 Å². The molecule has 0 amide bonds. The molecule has 0 fully saturated rings. The number of hydrogen-bond donors (Lipinski definition) is 0. The van der Waals surface area contributed by atoms with E-state index in [-0.39, 0.29) is 9.91 Å². The van der Waals surface area contributed by atoms with E-state index in [0.717, 1.165) is 0 Å². The van der Waals surface area contributed by atoms with E-state index in [1.807, 2.05) is 27.7 Å². The second-order valence-electron chi connectivity index (χ2n) is 3.76. The summed E-state index contributed by atoms with van der Waals surface area (Å²) in [5.74, 6) is 0. The first kappa shape index (κ1) is 11.6. The van der Waals surface area contributed by atoms with Gasteiger partial charge >= 0.3 is 0 Å². The van der Waals surface area contributed by atoms with Crippen molar-refractivity contribution in [3.05, 3.63) is 10.6 Å². The van der Waals surface area contributed by atoms with Gasteiger partial charge in [0.05, 0.1) is 4.87 Å². The van der Waals surface area contributed by atoms with Crippen molar-refractivity contribution in [1.29, 1.82) is 0 Å². The summed E-state index contributed by atoms with van der Waals surface area (Å²) >= 11 is 17.2. The van der Waals surface area contributed by atoms with E-state index >= 15 is 0 Å². The minimum Gasteiger partial charge on any atom is -0.114 e. The Bertz CT molecular complexity index is 159. The normalized spacial score (nSPS) is 17.4. The summed E-state index contributed by atoms with van der Waals surface area (Å²) in [6, 6.07) is 0. The SMILES string of the molecule is CC(C)(C)C(C)(Cl)C=C(Cl)Cl. The topological polar surface area (TPSA) is 0 Å². The van der Waals surface area contributed by atoms with Crippen molar-refractivity contribution in [2.24, 2.45) is 5.41 Å². The van der Waals surface area contributed by atoms with Crippen molar-refractivity contribution in [2.45, 2.75) is 32.6 Å². The maximum Gasteiger partial charge on any atom is 0.104 e. The average molecular weight is 216 g/mol. The van der Waals surface area contributed by atoms with Gasteiger partial charge in [-0.1, -0.05) is 44.0 Å². The van der Waals surface area contributed by atoms with Crippen molar-refractivity contribution in [1.82, 2.24) is 0 Å². The molecule has 0 spiro atoms. The van der Waals surface area contributed by atoms with Gasteiger partial charge < -0.3 is 0 Å². The lowest BCUT2D eigenvalue weighted by Crippen LogP contribution is -2.31. The van der Waals surface area contributed by atoms with Crippen LogP contribution in [0.25, 0.3) is 0 Å². The number of halogens is 3. The Kier molecular flexibility index (Phi) is 3.75. The summed E-state index contributed by atoms with van der Waals surface area (Å²) in [6.45, 7) is 7.99. The Morgan fingerprint density at radius 3 is 1.55 bits per heavy atom. The molecule has 0 aromatic heterocycles. The Hall–Kier alpha value is 0.610. The molecule has 0 saturated heterocycles. The van der Waals surface area contributed by atoms with Gasteiger partial charge in [0.15, 0.2) is 0 Å². The molecule has 66 valence electrons. The number of alkyl halides is 1. The van der Waals surface area contributed by atoms with Gasteiger partial charge in [0.25, 0.3) is 0 Å². The van der Waals surface area contributed by atoms with E-state index < -0.39 is 4.87 Å². The minimum atomic E-state index is -0.494. The quantitative estimate of drug-likeness (QED) is 0.571. The maximum absolute atomic E-state index is 6.16. The molecule has 0 N–H and O–H groups in total. The van der Waals surface area contributed by atoms with Crippen LogP contribution in [0, 0.1) is 5.41 Å². The third-order valence-electron chi connectivity index (χ3n) is 1.85. The molecule has 3 heteroatoms. The zero-order valence-corrected chi connectivity index (χ0v) is 9.48. The standard InChI is InChI=1S/C8H13Cl3/c1-7(2,3)8(4,11)5-6(9)10/h5H,1-4H3. The van der Waals surface area contributed by atoms with Crippen LogP contribution in [-0.4, -0.2) is 4.87 Å². The highest BCUT2D eigenvalue weighted by Gasteiger charge is 2.33. The first-order valence-electron chi connectivity index (χ1n) is 3.39. The van der Waals surface area contributed by atoms with E-state index in [2.05, 4.69) is 0 Å². The van der Waals surface area contributed by atoms with Gasteiger partial charge in [0.2, 0.25) is 0 Å². The molecule has 1 unspecified atom stereocenters. The number of hydrogen-bond acceptors (Lipinski definition) is 0. The van der Waals surface area contributed by atoms with E-state index in [4.69, 9.17) is 34.8 Å². The number of rotatable bonds is 1. The van der Waals surface area contributed by atoms with Gasteiger partial charge in [0, 0.05) is 0 Å². The first-order valence-corrected chi connectivity index (χ1v) is 4.53. The van der Waals surface area contributed by atoms with Gasteiger partial charge in [-0.25, -0.2) is 0 Å². The van der Waals surface area contributed by atoms with Crippen LogP contribution < -0.4 is 0 Å². The molecule has 0 aromatic carbocycles. The van der Waals surface area contributed by atoms with E-state index in [9.17, 15) is 0 Å². The first-order chi connectivity index (χ1) is 4.67. The zero-order chi connectivity index (χ0) is 9.28. The highest BCUT2D eigenvalue weighted by Crippen LogP contribution is 2.38. The van der Waals surface area contributed by atoms with Crippen molar-refractivity contribution in [3.8, 4) is 0 Å². The molecule has 0 aromatic rings. The summed E-state index contributed by atoms with van der Waals surface area (Å²) in [5.41, 5.74) is -0.0520. The third kappa shape index (κ3) is 3.68. The van der Waals surface area contributed by atoms with Crippen LogP contribution >= 0.6 is 34.8 Å². The Morgan fingerprint density at radius 1 is 1.09 bits per heavy atom. The molecule has 0 heterocycles. The smallest absolute Gasteiger partial charge is 0.104 e. The lowest BCUT2D eigenvalue weighted by atomic mass is 9.81. The highest BCUT2D eigenvalue weighted by atomic mass is 35.5. The average Bonchev–Trinajstić information content (AvgIpc) is 1.56. The Balaban J connectivity index is 4.61. The highest BCUT2D eigenvalue weighted by molar-refractivity contribution is 6.56. The summed E-state index contributed by atoms with van der Waals surface area (Å²) in [5, 5.41) is 0. The second kappa shape index (κ2) is 3.55. The summed E-state index contributed by atoms with van der Waals surface area (Å²) < 4.78 is 0.220. The monoisotopic (exact) mass is 214 g/mol. The summed E-state index contributed by atoms with van der Waals surface area (Å²) in [4.78, 5) is -0.494. The minimum absolute atomic E-state index is 0.0520. The molecule has 0 radical (unpaired) electrons. The fourth-order valence-corrected chi connectivity index (χ4v) is 1.08. The summed E-state index contributed by atoms with van der Waals surface area (Å²) in [6.07, 6.45) is 1.65. The van der Waals surface area contributed by atoms with Crippen molar-refractivity contribution in [3.63, 3.8) is 0 Å². The van der Waals surface area contributed by atoms with Crippen LogP contribution in [0.1, 0.15) is 27.7 Å². The predicted octanol–water partition coefficient (Wildman–Crippen LogP) is 4.35. The van der Waals surface area contributed by atoms with Crippen molar-refractivity contribution in [2.75, 3.05) is 0 Å². The molecular formula is C8H13Cl3. The third-order valence-corrected chi connectivity index (χ3v) is 2.74. The zero-order valence-electron chi connectivity index (χ0n) is 7.21. The van der Waals surface area contributed by atoms with Crippen molar-refractivity contribution < 1.29 is 0 Å². The molecule has 0 rings (SSSR count). The lowest BCUT2D eigenvalue weighted by Gasteiger charge is -2.33. The molecule has 0 aliphatic rings. The molecule has 0 saturated carbocycles. The molecule has 11 heavy (non-hydrogen) atoms. The van der Waals surface area contributed by atoms with Crippen LogP contribution in [0.15, 0.2) is 10.6 Å². The largest absolute Gasteiger partial charge is 0.114 e.